The van der Waals surface area contributed by atoms with Crippen LogP contribution >= 0.6 is 0 Å². The van der Waals surface area contributed by atoms with Gasteiger partial charge >= 0.3 is 0 Å². The van der Waals surface area contributed by atoms with Gasteiger partial charge in [-0.15, -0.1) is 0 Å². The molecule has 6 nitrogen and oxygen atoms in total. The van der Waals surface area contributed by atoms with Crippen molar-refractivity contribution in [2.75, 3.05) is 18.8 Å². The Morgan fingerprint density at radius 3 is 2.93 bits per heavy atom. The second-order valence-corrected chi connectivity index (χ2v) is 8.93. The normalized spacial score (nSPS) is 15.2. The Labute approximate surface area is 163 Å². The van der Waals surface area contributed by atoms with E-state index in [1.54, 1.807) is 37.5 Å². The van der Waals surface area contributed by atoms with Crippen molar-refractivity contribution in [1.82, 2.24) is 4.90 Å². The first-order valence-electron chi connectivity index (χ1n) is 9.12. The average molecular weight is 401 g/mol. The van der Waals surface area contributed by atoms with Gasteiger partial charge in [-0.25, -0.2) is 17.8 Å². The Morgan fingerprint density at radius 2 is 2.11 bits per heavy atom. The predicted molar refractivity (Wildman–Crippen MR) is 107 cm³/mol. The molecule has 0 aromatic heterocycles. The van der Waals surface area contributed by atoms with Crippen molar-refractivity contribution >= 4 is 27.7 Å². The molecule has 0 aliphatic carbocycles. The maximum absolute atomic E-state index is 14.8. The van der Waals surface area contributed by atoms with E-state index in [9.17, 15) is 12.8 Å². The summed E-state index contributed by atoms with van der Waals surface area (Å²) in [5.74, 6) is 0.301. The van der Waals surface area contributed by atoms with Gasteiger partial charge in [-0.05, 0) is 30.7 Å². The molecule has 0 atom stereocenters. The topological polar surface area (TPSA) is 71.3 Å². The van der Waals surface area contributed by atoms with E-state index >= 15 is 0 Å². The van der Waals surface area contributed by atoms with Crippen LogP contribution in [0.2, 0.25) is 0 Å². The maximum Gasteiger partial charge on any atom is 0.169 e. The molecule has 28 heavy (non-hydrogen) atoms. The van der Waals surface area contributed by atoms with E-state index in [4.69, 9.17) is 4.74 Å². The number of nitrogens with zero attached hydrogens (tertiary/aromatic N) is 3. The number of fused-ring (bicyclic) bond motifs is 3. The van der Waals surface area contributed by atoms with E-state index in [1.807, 2.05) is 4.90 Å². The molecule has 2 aromatic rings. The first kappa shape index (κ1) is 18.6. The molecular weight excluding hydrogens is 381 g/mol. The Morgan fingerprint density at radius 1 is 1.25 bits per heavy atom. The molecule has 2 aliphatic heterocycles. The highest BCUT2D eigenvalue weighted by atomic mass is 32.2. The van der Waals surface area contributed by atoms with Crippen LogP contribution in [-0.2, 0) is 15.6 Å². The fourth-order valence-corrected chi connectivity index (χ4v) is 4.77. The van der Waals surface area contributed by atoms with Crippen LogP contribution in [0.5, 0.6) is 11.5 Å². The maximum atomic E-state index is 14.8. The minimum Gasteiger partial charge on any atom is -0.454 e. The highest BCUT2D eigenvalue weighted by Crippen LogP contribution is 2.33. The zero-order chi connectivity index (χ0) is 19.7. The summed E-state index contributed by atoms with van der Waals surface area (Å²) in [5.41, 5.74) is 1.73. The van der Waals surface area contributed by atoms with Gasteiger partial charge in [-0.1, -0.05) is 19.1 Å². The molecule has 4 rings (SSSR count). The van der Waals surface area contributed by atoms with Gasteiger partial charge in [0.25, 0.3) is 0 Å². The Balaban J connectivity index is 1.61. The van der Waals surface area contributed by atoms with Crippen molar-refractivity contribution in [3.8, 4) is 11.5 Å². The van der Waals surface area contributed by atoms with Crippen molar-refractivity contribution in [1.29, 1.82) is 0 Å². The van der Waals surface area contributed by atoms with Gasteiger partial charge in [0.2, 0.25) is 0 Å². The molecule has 0 N–H and O–H groups in total. The van der Waals surface area contributed by atoms with Crippen LogP contribution in [0.1, 0.15) is 24.5 Å². The van der Waals surface area contributed by atoms with Crippen molar-refractivity contribution in [3.63, 3.8) is 0 Å². The molecule has 2 aromatic carbocycles. The van der Waals surface area contributed by atoms with Gasteiger partial charge in [-0.3, -0.25) is 4.99 Å². The highest BCUT2D eigenvalue weighted by molar-refractivity contribution is 7.90. The van der Waals surface area contributed by atoms with Crippen molar-refractivity contribution in [2.24, 2.45) is 9.98 Å². The van der Waals surface area contributed by atoms with Gasteiger partial charge in [0.15, 0.2) is 21.4 Å². The minimum absolute atomic E-state index is 0.00586. The molecule has 0 saturated heterocycles. The highest BCUT2D eigenvalue weighted by Gasteiger charge is 2.24. The molecule has 0 amide bonds. The van der Waals surface area contributed by atoms with Gasteiger partial charge < -0.3 is 9.64 Å². The monoisotopic (exact) mass is 401 g/mol. The van der Waals surface area contributed by atoms with Gasteiger partial charge in [0, 0.05) is 17.7 Å². The lowest BCUT2D eigenvalue weighted by atomic mass is 10.1. The molecular formula is C20H20FN3O3S. The summed E-state index contributed by atoms with van der Waals surface area (Å²) >= 11 is 0. The van der Waals surface area contributed by atoms with Crippen LogP contribution in [-0.4, -0.2) is 44.3 Å². The van der Waals surface area contributed by atoms with E-state index in [-0.39, 0.29) is 22.8 Å². The Bertz CT molecular complexity index is 1080. The number of ether oxygens (including phenoxy) is 1. The van der Waals surface area contributed by atoms with E-state index in [0.717, 1.165) is 23.6 Å². The van der Waals surface area contributed by atoms with Crippen LogP contribution in [0.15, 0.2) is 46.4 Å². The van der Waals surface area contributed by atoms with Crippen molar-refractivity contribution in [3.05, 3.63) is 53.3 Å². The molecule has 0 radical (unpaired) electrons. The summed E-state index contributed by atoms with van der Waals surface area (Å²) in [4.78, 5) is 10.9. The third kappa shape index (κ3) is 3.64. The summed E-state index contributed by atoms with van der Waals surface area (Å²) in [6.07, 6.45) is 2.26. The Hall–Kier alpha value is -2.74. The number of benzene rings is 2. The number of halogens is 1. The van der Waals surface area contributed by atoms with Crippen LogP contribution in [0.4, 0.5) is 10.1 Å². The zero-order valence-electron chi connectivity index (χ0n) is 15.4. The van der Waals surface area contributed by atoms with E-state index in [2.05, 4.69) is 9.98 Å². The lowest BCUT2D eigenvalue weighted by Crippen LogP contribution is -2.29. The van der Waals surface area contributed by atoms with Gasteiger partial charge in [0.05, 0.1) is 30.1 Å². The molecule has 0 bridgehead atoms. The average Bonchev–Trinajstić information content (AvgIpc) is 3.14. The second kappa shape index (κ2) is 7.35. The molecule has 146 valence electrons. The molecule has 0 fully saturated rings. The SMILES string of the molecule is CCCS(=O)(=O)Cc1cccc(Oc2ccc3c(c2)C2=NCCN2C=N3)c1F. The van der Waals surface area contributed by atoms with Crippen LogP contribution in [0.3, 0.4) is 0 Å². The number of rotatable bonds is 6. The van der Waals surface area contributed by atoms with Crippen LogP contribution in [0.25, 0.3) is 0 Å². The van der Waals surface area contributed by atoms with Gasteiger partial charge in [-0.2, -0.15) is 0 Å². The molecule has 8 heteroatoms. The smallest absolute Gasteiger partial charge is 0.169 e. The fourth-order valence-electron chi connectivity index (χ4n) is 3.31. The third-order valence-electron chi connectivity index (χ3n) is 4.58. The van der Waals surface area contributed by atoms with E-state index in [0.29, 0.717) is 18.7 Å². The third-order valence-corrected chi connectivity index (χ3v) is 6.36. The summed E-state index contributed by atoms with van der Waals surface area (Å²) in [6.45, 7) is 3.27. The van der Waals surface area contributed by atoms with Crippen molar-refractivity contribution in [2.45, 2.75) is 19.1 Å². The lowest BCUT2D eigenvalue weighted by Gasteiger charge is -2.21. The second-order valence-electron chi connectivity index (χ2n) is 6.75. The van der Waals surface area contributed by atoms with Crippen molar-refractivity contribution < 1.29 is 17.5 Å². The van der Waals surface area contributed by atoms with Crippen LogP contribution in [0, 0.1) is 5.82 Å². The van der Waals surface area contributed by atoms with Gasteiger partial charge in [0.1, 0.15) is 11.6 Å². The minimum atomic E-state index is -3.35. The first-order chi connectivity index (χ1) is 13.5. The zero-order valence-corrected chi connectivity index (χ0v) is 16.2. The number of sulfone groups is 1. The summed E-state index contributed by atoms with van der Waals surface area (Å²) < 4.78 is 44.7. The summed E-state index contributed by atoms with van der Waals surface area (Å²) in [6, 6.07) is 9.85. The predicted octanol–water partition coefficient (Wildman–Crippen LogP) is 3.68. The fraction of sp³-hybridized carbons (Fsp3) is 0.300. The van der Waals surface area contributed by atoms with E-state index < -0.39 is 15.7 Å². The summed E-state index contributed by atoms with van der Waals surface area (Å²) in [5, 5.41) is 0. The standard InChI is InChI=1S/C20H20FN3O3S/c1-2-10-28(25,26)12-14-4-3-5-18(19(14)21)27-15-6-7-17-16(11-15)20-22-8-9-24(20)13-23-17/h3-7,11,13H,2,8-10,12H2,1H3. The Kier molecular flexibility index (Phi) is 4.89. The molecule has 0 spiro atoms. The summed E-state index contributed by atoms with van der Waals surface area (Å²) in [7, 11) is -3.35. The number of aliphatic imine (C=N–C) groups is 2. The quantitative estimate of drug-likeness (QED) is 0.740. The van der Waals surface area contributed by atoms with Crippen LogP contribution < -0.4 is 4.74 Å². The number of hydrogen-bond acceptors (Lipinski definition) is 6. The lowest BCUT2D eigenvalue weighted by molar-refractivity contribution is 0.439. The number of hydrogen-bond donors (Lipinski definition) is 0. The molecule has 0 unspecified atom stereocenters. The molecule has 0 saturated carbocycles. The largest absolute Gasteiger partial charge is 0.454 e. The first-order valence-corrected chi connectivity index (χ1v) is 10.9. The number of amidine groups is 1. The molecule has 2 aliphatic rings. The van der Waals surface area contributed by atoms with E-state index in [1.165, 1.54) is 12.1 Å². The molecule has 2 heterocycles.